The minimum atomic E-state index is -1.34. The molecule has 17 heavy (non-hydrogen) atoms. The molecular formula is C11H9F2NO3. The molecule has 6 heteroatoms. The Morgan fingerprint density at radius 3 is 2.35 bits per heavy atom. The normalized spacial score (nSPS) is 19.8. The molecule has 0 aliphatic carbocycles. The number of carboxylic acid groups (broad SMARTS) is 1. The summed E-state index contributed by atoms with van der Waals surface area (Å²) in [4.78, 5) is 22.7. The van der Waals surface area contributed by atoms with Crippen LogP contribution in [0.4, 0.5) is 13.6 Å². The van der Waals surface area contributed by atoms with E-state index in [4.69, 9.17) is 5.11 Å². The van der Waals surface area contributed by atoms with Crippen LogP contribution in [0.25, 0.3) is 0 Å². The zero-order chi connectivity index (χ0) is 12.6. The third-order valence-corrected chi connectivity index (χ3v) is 2.71. The van der Waals surface area contributed by atoms with E-state index in [1.54, 1.807) is 0 Å². The van der Waals surface area contributed by atoms with E-state index in [1.165, 1.54) is 0 Å². The lowest BCUT2D eigenvalue weighted by molar-refractivity contribution is -0.125. The molecule has 0 bridgehead atoms. The molecule has 90 valence electrons. The van der Waals surface area contributed by atoms with Crippen molar-refractivity contribution in [1.29, 1.82) is 0 Å². The summed E-state index contributed by atoms with van der Waals surface area (Å²) < 4.78 is 26.0. The number of hydrogen-bond donors (Lipinski definition) is 1. The summed E-state index contributed by atoms with van der Waals surface area (Å²) in [5.74, 6) is -2.50. The van der Waals surface area contributed by atoms with E-state index < -0.39 is 29.6 Å². The van der Waals surface area contributed by atoms with Gasteiger partial charge in [-0.25, -0.2) is 18.5 Å². The number of hydrogen-bond acceptors (Lipinski definition) is 2. The number of benzene rings is 1. The lowest BCUT2D eigenvalue weighted by Gasteiger charge is -2.11. The molecule has 2 rings (SSSR count). The van der Waals surface area contributed by atoms with Gasteiger partial charge in [0.05, 0.1) is 0 Å². The van der Waals surface area contributed by atoms with Gasteiger partial charge in [0.15, 0.2) is 0 Å². The predicted octanol–water partition coefficient (Wildman–Crippen LogP) is 1.96. The molecule has 1 saturated heterocycles. The average molecular weight is 241 g/mol. The zero-order valence-electron chi connectivity index (χ0n) is 8.69. The second-order valence-electron chi connectivity index (χ2n) is 3.89. The first-order chi connectivity index (χ1) is 7.97. The fourth-order valence-corrected chi connectivity index (χ4v) is 1.93. The molecule has 0 saturated carbocycles. The largest absolute Gasteiger partial charge is 0.465 e. The highest BCUT2D eigenvalue weighted by Crippen LogP contribution is 2.29. The van der Waals surface area contributed by atoms with Crippen molar-refractivity contribution < 1.29 is 23.5 Å². The van der Waals surface area contributed by atoms with E-state index in [2.05, 4.69) is 0 Å². The van der Waals surface area contributed by atoms with Gasteiger partial charge in [0, 0.05) is 24.9 Å². The molecule has 1 fully saturated rings. The molecule has 0 unspecified atom stereocenters. The molecule has 1 atom stereocenters. The molecule has 1 aliphatic heterocycles. The van der Waals surface area contributed by atoms with Crippen molar-refractivity contribution in [3.63, 3.8) is 0 Å². The standard InChI is InChI=1S/C11H9F2NO3/c12-8-1-6(2-9(13)4-8)7-3-10(15)14(5-7)11(16)17/h1-2,4,7H,3,5H2,(H,16,17)/t7-/m0/s1. The minimum absolute atomic E-state index is 0.0464. The van der Waals surface area contributed by atoms with Crippen LogP contribution < -0.4 is 0 Å². The molecule has 1 aromatic rings. The van der Waals surface area contributed by atoms with Gasteiger partial charge < -0.3 is 5.11 Å². The Kier molecular flexibility index (Phi) is 2.79. The fourth-order valence-electron chi connectivity index (χ4n) is 1.93. The van der Waals surface area contributed by atoms with Crippen LogP contribution in [0.2, 0.25) is 0 Å². The molecule has 0 aromatic heterocycles. The van der Waals surface area contributed by atoms with Gasteiger partial charge in [-0.15, -0.1) is 0 Å². The van der Waals surface area contributed by atoms with Gasteiger partial charge in [-0.3, -0.25) is 4.79 Å². The second-order valence-corrected chi connectivity index (χ2v) is 3.89. The van der Waals surface area contributed by atoms with Crippen LogP contribution in [0.5, 0.6) is 0 Å². The summed E-state index contributed by atoms with van der Waals surface area (Å²) in [7, 11) is 0. The number of imide groups is 1. The van der Waals surface area contributed by atoms with Crippen LogP contribution >= 0.6 is 0 Å². The first-order valence-electron chi connectivity index (χ1n) is 4.96. The Hall–Kier alpha value is -1.98. The van der Waals surface area contributed by atoms with Crippen LogP contribution in [-0.2, 0) is 4.79 Å². The van der Waals surface area contributed by atoms with Gasteiger partial charge in [0.25, 0.3) is 0 Å². The summed E-state index contributed by atoms with van der Waals surface area (Å²) in [6.07, 6.45) is -1.38. The summed E-state index contributed by atoms with van der Waals surface area (Å²) >= 11 is 0. The van der Waals surface area contributed by atoms with Crippen molar-refractivity contribution >= 4 is 12.0 Å². The molecule has 0 radical (unpaired) electrons. The minimum Gasteiger partial charge on any atom is -0.465 e. The fraction of sp³-hybridized carbons (Fsp3) is 0.273. The van der Waals surface area contributed by atoms with Crippen molar-refractivity contribution in [2.45, 2.75) is 12.3 Å². The quantitative estimate of drug-likeness (QED) is 0.817. The maximum atomic E-state index is 13.0. The van der Waals surface area contributed by atoms with Gasteiger partial charge in [-0.1, -0.05) is 0 Å². The Morgan fingerprint density at radius 1 is 1.29 bits per heavy atom. The molecule has 2 amide bonds. The average Bonchev–Trinajstić information content (AvgIpc) is 2.59. The number of nitrogens with zero attached hydrogens (tertiary/aromatic N) is 1. The smallest absolute Gasteiger partial charge is 0.414 e. The topological polar surface area (TPSA) is 57.6 Å². The third kappa shape index (κ3) is 2.25. The Balaban J connectivity index is 2.25. The van der Waals surface area contributed by atoms with Crippen LogP contribution in [0.3, 0.4) is 0 Å². The Morgan fingerprint density at radius 2 is 1.88 bits per heavy atom. The van der Waals surface area contributed by atoms with E-state index in [-0.39, 0.29) is 13.0 Å². The van der Waals surface area contributed by atoms with Crippen LogP contribution in [-0.4, -0.2) is 28.6 Å². The molecule has 1 aliphatic rings. The number of amides is 2. The van der Waals surface area contributed by atoms with Gasteiger partial charge in [-0.2, -0.15) is 0 Å². The van der Waals surface area contributed by atoms with E-state index in [0.717, 1.165) is 18.2 Å². The summed E-state index contributed by atoms with van der Waals surface area (Å²) in [5, 5.41) is 8.71. The van der Waals surface area contributed by atoms with E-state index in [1.807, 2.05) is 0 Å². The first-order valence-corrected chi connectivity index (χ1v) is 4.96. The first kappa shape index (κ1) is 11.5. The lowest BCUT2D eigenvalue weighted by Crippen LogP contribution is -2.30. The third-order valence-electron chi connectivity index (χ3n) is 2.71. The van der Waals surface area contributed by atoms with Crippen molar-refractivity contribution in [3.8, 4) is 0 Å². The highest BCUT2D eigenvalue weighted by molar-refractivity contribution is 5.93. The number of carbonyl (C=O) groups is 2. The number of halogens is 2. The predicted molar refractivity (Wildman–Crippen MR) is 53.5 cm³/mol. The molecule has 1 heterocycles. The highest BCUT2D eigenvalue weighted by atomic mass is 19.1. The number of carbonyl (C=O) groups excluding carboxylic acids is 1. The van der Waals surface area contributed by atoms with Crippen molar-refractivity contribution in [3.05, 3.63) is 35.4 Å². The van der Waals surface area contributed by atoms with Crippen LogP contribution in [0.1, 0.15) is 17.9 Å². The van der Waals surface area contributed by atoms with Gasteiger partial charge in [-0.05, 0) is 17.7 Å². The summed E-state index contributed by atoms with van der Waals surface area (Å²) in [6.45, 7) is -0.0585. The van der Waals surface area contributed by atoms with Crippen molar-refractivity contribution in [2.24, 2.45) is 0 Å². The van der Waals surface area contributed by atoms with Gasteiger partial charge >= 0.3 is 6.09 Å². The Bertz CT molecular complexity index is 469. The lowest BCUT2D eigenvalue weighted by atomic mass is 9.98. The molecule has 1 aromatic carbocycles. The maximum absolute atomic E-state index is 13.0. The van der Waals surface area contributed by atoms with E-state index in [9.17, 15) is 18.4 Å². The SMILES string of the molecule is O=C(O)N1C[C@@H](c2cc(F)cc(F)c2)CC1=O. The van der Waals surface area contributed by atoms with Crippen molar-refractivity contribution in [1.82, 2.24) is 4.90 Å². The van der Waals surface area contributed by atoms with Crippen LogP contribution in [0, 0.1) is 11.6 Å². The molecule has 4 nitrogen and oxygen atoms in total. The summed E-state index contributed by atoms with van der Waals surface area (Å²) in [5.41, 5.74) is 0.305. The highest BCUT2D eigenvalue weighted by Gasteiger charge is 2.34. The zero-order valence-corrected chi connectivity index (χ0v) is 8.69. The molecule has 0 spiro atoms. The number of rotatable bonds is 1. The number of likely N-dealkylation sites (tertiary alicyclic amines) is 1. The van der Waals surface area contributed by atoms with E-state index >= 15 is 0 Å². The Labute approximate surface area is 95.5 Å². The maximum Gasteiger partial charge on any atom is 0.414 e. The van der Waals surface area contributed by atoms with Gasteiger partial charge in [0.1, 0.15) is 11.6 Å². The second kappa shape index (κ2) is 4.12. The van der Waals surface area contributed by atoms with Crippen LogP contribution in [0.15, 0.2) is 18.2 Å². The van der Waals surface area contributed by atoms with Crippen molar-refractivity contribution in [2.75, 3.05) is 6.54 Å². The molecular weight excluding hydrogens is 232 g/mol. The molecule has 1 N–H and O–H groups in total. The van der Waals surface area contributed by atoms with Gasteiger partial charge in [0.2, 0.25) is 5.91 Å². The summed E-state index contributed by atoms with van der Waals surface area (Å²) in [6, 6.07) is 2.97. The monoisotopic (exact) mass is 241 g/mol. The van der Waals surface area contributed by atoms with E-state index in [0.29, 0.717) is 10.5 Å².